The number of hydrogen-bond donors (Lipinski definition) is 3. The average Bonchev–Trinajstić information content (AvgIpc) is 3.55. The molecule has 0 spiro atoms. The van der Waals surface area contributed by atoms with Crippen LogP contribution in [-0.2, 0) is 9.59 Å². The molecule has 1 atom stereocenters. The summed E-state index contributed by atoms with van der Waals surface area (Å²) in [4.78, 5) is 33.2. The second-order valence-corrected chi connectivity index (χ2v) is 9.91. The van der Waals surface area contributed by atoms with Gasteiger partial charge in [-0.25, -0.2) is 9.37 Å². The summed E-state index contributed by atoms with van der Waals surface area (Å²) >= 11 is 12.9. The maximum Gasteiger partial charge on any atom is 0.245 e. The van der Waals surface area contributed by atoms with Crippen LogP contribution >= 0.6 is 23.2 Å². The van der Waals surface area contributed by atoms with Gasteiger partial charge in [-0.3, -0.25) is 9.59 Å². The molecule has 0 radical (unpaired) electrons. The molecule has 0 unspecified atom stereocenters. The number of nitrogens with two attached hydrogens (primary N) is 1. The molecule has 1 aliphatic heterocycles. The van der Waals surface area contributed by atoms with Gasteiger partial charge in [0.05, 0.1) is 11.4 Å². The van der Waals surface area contributed by atoms with E-state index in [-0.39, 0.29) is 28.7 Å². The van der Waals surface area contributed by atoms with Crippen molar-refractivity contribution in [2.45, 2.75) is 38.0 Å². The van der Waals surface area contributed by atoms with Gasteiger partial charge in [-0.1, -0.05) is 36.0 Å². The molecule has 2 aromatic carbocycles. The Morgan fingerprint density at radius 3 is 2.77 bits per heavy atom. The lowest BCUT2D eigenvalue weighted by Gasteiger charge is -2.17. The van der Waals surface area contributed by atoms with Crippen molar-refractivity contribution in [2.75, 3.05) is 5.32 Å². The lowest BCUT2D eigenvalue weighted by molar-refractivity contribution is -0.116. The Morgan fingerprint density at radius 1 is 1.15 bits per heavy atom. The third kappa shape index (κ3) is 5.84. The fraction of sp³-hybridized carbons (Fsp3) is 0.231. The van der Waals surface area contributed by atoms with Crippen LogP contribution in [0.1, 0.15) is 49.4 Å². The Labute approximate surface area is 232 Å². The molecule has 2 amide bonds. The van der Waals surface area contributed by atoms with E-state index in [1.54, 1.807) is 24.3 Å². The van der Waals surface area contributed by atoms with Gasteiger partial charge in [-0.05, 0) is 65.7 Å². The molecule has 0 saturated carbocycles. The molecule has 1 aliphatic rings. The summed E-state index contributed by atoms with van der Waals surface area (Å²) in [6.07, 6.45) is 5.83. The summed E-state index contributed by atoms with van der Waals surface area (Å²) < 4.78 is 15.5. The van der Waals surface area contributed by atoms with Crippen LogP contribution in [0.25, 0.3) is 23.0 Å². The van der Waals surface area contributed by atoms with Crippen molar-refractivity contribution < 1.29 is 14.0 Å². The first-order chi connectivity index (χ1) is 18.8. The van der Waals surface area contributed by atoms with Gasteiger partial charge in [0.1, 0.15) is 28.8 Å². The second kappa shape index (κ2) is 11.3. The highest BCUT2D eigenvalue weighted by molar-refractivity contribution is 6.32. The molecule has 4 N–H and O–H groups in total. The van der Waals surface area contributed by atoms with E-state index in [1.807, 2.05) is 0 Å². The molecule has 3 heterocycles. The van der Waals surface area contributed by atoms with Gasteiger partial charge >= 0.3 is 0 Å². The van der Waals surface area contributed by atoms with Gasteiger partial charge in [0, 0.05) is 34.1 Å². The number of tetrazole rings is 1. The van der Waals surface area contributed by atoms with Crippen molar-refractivity contribution in [3.05, 3.63) is 75.7 Å². The first kappa shape index (κ1) is 26.5. The summed E-state index contributed by atoms with van der Waals surface area (Å²) in [7, 11) is 0. The van der Waals surface area contributed by atoms with Gasteiger partial charge in [-0.2, -0.15) is 4.68 Å². The zero-order valence-corrected chi connectivity index (χ0v) is 22.0. The lowest BCUT2D eigenvalue weighted by atomic mass is 9.89. The quantitative estimate of drug-likeness (QED) is 0.293. The smallest absolute Gasteiger partial charge is 0.245 e. The predicted octanol–water partition coefficient (Wildman–Crippen LogP) is 5.05. The Kier molecular flexibility index (Phi) is 7.71. The fourth-order valence-electron chi connectivity index (χ4n) is 4.63. The van der Waals surface area contributed by atoms with E-state index in [0.717, 1.165) is 0 Å². The molecule has 13 heteroatoms. The Hall–Kier alpha value is -4.09. The van der Waals surface area contributed by atoms with Gasteiger partial charge in [0.2, 0.25) is 11.8 Å². The number of anilines is 1. The number of hydrogen-bond acceptors (Lipinski definition) is 6. The van der Waals surface area contributed by atoms with Crippen LogP contribution in [0.2, 0.25) is 10.2 Å². The number of nitrogens with zero attached hydrogens (tertiary/aromatic N) is 5. The molecule has 4 aromatic rings. The summed E-state index contributed by atoms with van der Waals surface area (Å²) in [6, 6.07) is 9.09. The normalized spacial score (nSPS) is 16.4. The number of fused-ring (bicyclic) bond motifs is 4. The third-order valence-electron chi connectivity index (χ3n) is 6.47. The minimum absolute atomic E-state index is 0.176. The largest absolute Gasteiger partial charge is 0.366 e. The highest BCUT2D eigenvalue weighted by Gasteiger charge is 2.27. The third-order valence-corrected chi connectivity index (χ3v) is 6.98. The van der Waals surface area contributed by atoms with E-state index in [2.05, 4.69) is 25.8 Å². The fourth-order valence-corrected chi connectivity index (χ4v) is 5.06. The molecular formula is C26H23Cl2FN8O2. The molecular weight excluding hydrogens is 546 g/mol. The first-order valence-corrected chi connectivity index (χ1v) is 12.9. The van der Waals surface area contributed by atoms with Gasteiger partial charge < -0.3 is 16.0 Å². The van der Waals surface area contributed by atoms with E-state index in [0.29, 0.717) is 59.0 Å². The molecule has 200 valence electrons. The van der Waals surface area contributed by atoms with E-state index in [4.69, 9.17) is 33.9 Å². The van der Waals surface area contributed by atoms with Crippen molar-refractivity contribution in [1.29, 1.82) is 0 Å². The number of benzene rings is 2. The maximum absolute atomic E-state index is 14.1. The molecule has 2 bridgehead atoms. The van der Waals surface area contributed by atoms with Crippen molar-refractivity contribution in [3.63, 3.8) is 0 Å². The average molecular weight is 569 g/mol. The van der Waals surface area contributed by atoms with Crippen molar-refractivity contribution in [2.24, 2.45) is 5.73 Å². The number of nitrogens with one attached hydrogen (secondary N) is 2. The number of halogens is 3. The Morgan fingerprint density at radius 2 is 2.00 bits per heavy atom. The zero-order valence-electron chi connectivity index (χ0n) is 20.5. The molecule has 0 saturated heterocycles. The number of amides is 2. The van der Waals surface area contributed by atoms with E-state index in [1.165, 1.54) is 29.2 Å². The van der Waals surface area contributed by atoms with Crippen LogP contribution in [0, 0.1) is 5.82 Å². The minimum Gasteiger partial charge on any atom is -0.366 e. The predicted molar refractivity (Wildman–Crippen MR) is 145 cm³/mol. The van der Waals surface area contributed by atoms with Crippen molar-refractivity contribution >= 4 is 46.8 Å². The lowest BCUT2D eigenvalue weighted by Crippen LogP contribution is -2.21. The summed E-state index contributed by atoms with van der Waals surface area (Å²) in [5.41, 5.74) is 8.36. The highest BCUT2D eigenvalue weighted by atomic mass is 35.5. The summed E-state index contributed by atoms with van der Waals surface area (Å²) in [5, 5.41) is 14.7. The Bertz CT molecular complexity index is 1570. The summed E-state index contributed by atoms with van der Waals surface area (Å²) in [5.74, 6) is -1.56. The SMILES string of the molecule is NC(=O)C(=Cc1cc(Cl)ccc1-n1cnnn1)[C@@H]1CCCCCC(=O)Nc2cc(F)ccc2-c2nc1[nH]c2Cl. The van der Waals surface area contributed by atoms with Gasteiger partial charge in [0.15, 0.2) is 0 Å². The Balaban J connectivity index is 1.64. The molecule has 2 aromatic heterocycles. The van der Waals surface area contributed by atoms with Gasteiger partial charge in [0.25, 0.3) is 0 Å². The van der Waals surface area contributed by atoms with E-state index in [9.17, 15) is 14.0 Å². The number of imidazole rings is 1. The van der Waals surface area contributed by atoms with Crippen molar-refractivity contribution in [3.8, 4) is 16.9 Å². The van der Waals surface area contributed by atoms with Crippen molar-refractivity contribution in [1.82, 2.24) is 30.2 Å². The second-order valence-electron chi connectivity index (χ2n) is 9.10. The number of rotatable bonds is 4. The molecule has 0 aliphatic carbocycles. The van der Waals surface area contributed by atoms with E-state index >= 15 is 0 Å². The van der Waals surface area contributed by atoms with Crippen LogP contribution in [0.15, 0.2) is 48.3 Å². The standard InChI is InChI=1S/C26H23Cl2FN8O2/c27-15-6-9-21(37-13-31-35-36-37)14(10-15)11-19(25(30)39)17-4-2-1-3-5-22(38)32-20-12-16(29)7-8-18(20)23-24(28)34-26(17)33-23/h6-13,17H,1-5H2,(H2,30,39)(H,32,38)(H,33,34)/t17-/m0/s1. The molecule has 39 heavy (non-hydrogen) atoms. The minimum atomic E-state index is -0.652. The highest BCUT2D eigenvalue weighted by Crippen LogP contribution is 2.38. The number of primary amides is 1. The number of aromatic nitrogens is 6. The van der Waals surface area contributed by atoms with E-state index < -0.39 is 17.6 Å². The molecule has 0 fully saturated rings. The number of aromatic amines is 1. The molecule has 10 nitrogen and oxygen atoms in total. The monoisotopic (exact) mass is 568 g/mol. The molecule has 5 rings (SSSR count). The number of carbonyl (C=O) groups is 2. The summed E-state index contributed by atoms with van der Waals surface area (Å²) in [6.45, 7) is 0. The number of H-pyrrole nitrogens is 1. The van der Waals surface area contributed by atoms with Crippen LogP contribution in [0.5, 0.6) is 0 Å². The van der Waals surface area contributed by atoms with Crippen LogP contribution in [-0.4, -0.2) is 42.0 Å². The maximum atomic E-state index is 14.1. The van der Waals surface area contributed by atoms with Crippen LogP contribution in [0.4, 0.5) is 10.1 Å². The first-order valence-electron chi connectivity index (χ1n) is 12.2. The van der Waals surface area contributed by atoms with Crippen LogP contribution < -0.4 is 11.1 Å². The number of carbonyl (C=O) groups excluding carboxylic acids is 2. The van der Waals surface area contributed by atoms with Gasteiger partial charge in [-0.15, -0.1) is 5.10 Å². The topological polar surface area (TPSA) is 144 Å². The van der Waals surface area contributed by atoms with Crippen LogP contribution in [0.3, 0.4) is 0 Å². The zero-order chi connectivity index (χ0) is 27.5.